The fourth-order valence-corrected chi connectivity index (χ4v) is 536. The first-order chi connectivity index (χ1) is 9.25. The molecular formula is C13H39ClSi8. The van der Waals surface area contributed by atoms with Crippen molar-refractivity contribution in [2.45, 2.75) is 85.1 Å². The lowest BCUT2D eigenvalue weighted by atomic mass is 11.9. The van der Waals surface area contributed by atoms with Gasteiger partial charge in [0.15, 0.2) is 0 Å². The lowest BCUT2D eigenvalue weighted by Gasteiger charge is -2.85. The van der Waals surface area contributed by atoms with E-state index >= 15 is 0 Å². The van der Waals surface area contributed by atoms with Crippen LogP contribution >= 0.6 is 11.1 Å². The van der Waals surface area contributed by atoms with Gasteiger partial charge in [0.1, 0.15) is 5.94 Å². The van der Waals surface area contributed by atoms with Crippen molar-refractivity contribution in [1.82, 2.24) is 0 Å². The summed E-state index contributed by atoms with van der Waals surface area (Å²) in [6.45, 7) is 36.2. The Hall–Kier alpha value is 2.03. The second-order valence-corrected chi connectivity index (χ2v) is 118. The molecule has 0 N–H and O–H groups in total. The summed E-state index contributed by atoms with van der Waals surface area (Å²) in [4.78, 5) is 0. The van der Waals surface area contributed by atoms with Crippen molar-refractivity contribution in [3.8, 4) is 0 Å². The van der Waals surface area contributed by atoms with E-state index in [-0.39, 0.29) is 0 Å². The summed E-state index contributed by atoms with van der Waals surface area (Å²) in [5.41, 5.74) is 0. The lowest BCUT2D eigenvalue weighted by molar-refractivity contribution is 1.74. The van der Waals surface area contributed by atoms with Crippen molar-refractivity contribution in [1.29, 1.82) is 0 Å². The Bertz CT molecular complexity index is 414. The summed E-state index contributed by atoms with van der Waals surface area (Å²) in [6, 6.07) is 0. The predicted molar refractivity (Wildman–Crippen MR) is 128 cm³/mol. The van der Waals surface area contributed by atoms with Gasteiger partial charge < -0.3 is 0 Å². The smallest absolute Gasteiger partial charge is 0.123 e. The molecule has 0 radical (unpaired) electrons. The molecule has 0 atom stereocenters. The number of hydrogen-bond donors (Lipinski definition) is 0. The molecule has 0 aromatic heterocycles. The van der Waals surface area contributed by atoms with E-state index in [9.17, 15) is 0 Å². The molecule has 0 aromatic carbocycles. The minimum absolute atomic E-state index is 1.13. The van der Waals surface area contributed by atoms with E-state index in [0.29, 0.717) is 0 Å². The first-order valence-electron chi connectivity index (χ1n) is 8.94. The first-order valence-corrected chi connectivity index (χ1v) is 41.5. The van der Waals surface area contributed by atoms with Crippen molar-refractivity contribution in [3.05, 3.63) is 0 Å². The van der Waals surface area contributed by atoms with Gasteiger partial charge in [0, 0.05) is 49.3 Å². The standard InChI is InChI=1S/C13H39ClSi8/c1-15(2)18(7,8)22(14)19(9,10)16(3,4)21(15,13)17(5,6)20(22,11)12/h1-13H3. The van der Waals surface area contributed by atoms with Crippen molar-refractivity contribution in [3.63, 3.8) is 0 Å². The van der Waals surface area contributed by atoms with Gasteiger partial charge in [-0.15, -0.1) is 0 Å². The fourth-order valence-electron chi connectivity index (χ4n) is 7.85. The summed E-state index contributed by atoms with van der Waals surface area (Å²) in [6.07, 6.45) is 0. The van der Waals surface area contributed by atoms with Crippen LogP contribution in [0.3, 0.4) is 0 Å². The minimum atomic E-state index is -1.57. The van der Waals surface area contributed by atoms with E-state index in [1.807, 2.05) is 0 Å². The molecule has 22 heavy (non-hydrogen) atoms. The van der Waals surface area contributed by atoms with Gasteiger partial charge in [-0.3, -0.25) is 0 Å². The summed E-state index contributed by atoms with van der Waals surface area (Å²) < 4.78 is 0. The molecule has 3 rings (SSSR count). The summed E-state index contributed by atoms with van der Waals surface area (Å²) in [5.74, 6) is -1.57. The molecule has 0 unspecified atom stereocenters. The van der Waals surface area contributed by atoms with Crippen molar-refractivity contribution in [2.75, 3.05) is 0 Å². The second kappa shape index (κ2) is 4.46. The van der Waals surface area contributed by atoms with Gasteiger partial charge in [-0.25, -0.2) is 0 Å². The van der Waals surface area contributed by atoms with E-state index in [1.54, 1.807) is 0 Å². The van der Waals surface area contributed by atoms with Crippen LogP contribution in [0.1, 0.15) is 0 Å². The van der Waals surface area contributed by atoms with E-state index in [4.69, 9.17) is 11.1 Å². The molecule has 3 saturated heterocycles. The zero-order valence-corrected chi connectivity index (χ0v) is 26.1. The maximum absolute atomic E-state index is 8.24. The molecule has 3 aliphatic heterocycles. The van der Waals surface area contributed by atoms with Crippen LogP contribution in [-0.2, 0) is 0 Å². The van der Waals surface area contributed by atoms with Crippen LogP contribution in [0, 0.1) is 0 Å². The number of fused-ring (bicyclic) bond motifs is 3. The summed E-state index contributed by atoms with van der Waals surface area (Å²) in [5, 5.41) is 0. The maximum atomic E-state index is 8.24. The fraction of sp³-hybridized carbons (Fsp3) is 1.00. The molecule has 9 heteroatoms. The summed E-state index contributed by atoms with van der Waals surface area (Å²) in [7, 11) is -7.16. The molecular weight excluding hydrogens is 416 g/mol. The van der Waals surface area contributed by atoms with Crippen LogP contribution in [0.4, 0.5) is 0 Å². The van der Waals surface area contributed by atoms with Gasteiger partial charge in [0.05, 0.1) is 0 Å². The van der Waals surface area contributed by atoms with Crippen molar-refractivity contribution >= 4 is 66.3 Å². The van der Waals surface area contributed by atoms with Crippen molar-refractivity contribution < 1.29 is 0 Å². The van der Waals surface area contributed by atoms with Gasteiger partial charge >= 0.3 is 0 Å². The highest BCUT2D eigenvalue weighted by molar-refractivity contribution is 8.40. The van der Waals surface area contributed by atoms with Gasteiger partial charge in [-0.05, 0) is 0 Å². The van der Waals surface area contributed by atoms with E-state index in [2.05, 4.69) is 85.1 Å². The van der Waals surface area contributed by atoms with Crippen LogP contribution in [0.15, 0.2) is 0 Å². The molecule has 130 valence electrons. The minimum Gasteiger partial charge on any atom is -0.178 e. The van der Waals surface area contributed by atoms with Crippen molar-refractivity contribution in [2.24, 2.45) is 0 Å². The van der Waals surface area contributed by atoms with Gasteiger partial charge in [0.25, 0.3) is 0 Å². The maximum Gasteiger partial charge on any atom is 0.123 e. The lowest BCUT2D eigenvalue weighted by Crippen LogP contribution is -3.17. The number of rotatable bonds is 0. The Morgan fingerprint density at radius 3 is 0.727 bits per heavy atom. The highest BCUT2D eigenvalue weighted by Crippen LogP contribution is 2.64. The first kappa shape index (κ1) is 20.3. The number of halogens is 1. The van der Waals surface area contributed by atoms with Crippen LogP contribution < -0.4 is 0 Å². The van der Waals surface area contributed by atoms with Crippen LogP contribution in [-0.4, -0.2) is 55.2 Å². The zero-order chi connectivity index (χ0) is 18.0. The third-order valence-corrected chi connectivity index (χ3v) is 275. The molecule has 0 aliphatic carbocycles. The van der Waals surface area contributed by atoms with E-state index in [0.717, 1.165) is 0 Å². The Morgan fingerprint density at radius 2 is 0.545 bits per heavy atom. The topological polar surface area (TPSA) is 0 Å². The summed E-state index contributed by atoms with van der Waals surface area (Å²) >= 11 is 8.24. The predicted octanol–water partition coefficient (Wildman–Crippen LogP) is 5.23. The molecule has 3 aliphatic rings. The molecule has 0 amide bonds. The Kier molecular flexibility index (Phi) is 4.13. The SMILES string of the molecule is C[Si]1(C)[Si](C)(C)[Si]2(Cl)[Si](C)(C)[Si](C)(C)[Si]1(C)[Si](C)(C)[Si]2(C)C. The zero-order valence-electron chi connectivity index (χ0n) is 17.4. The molecule has 3 heterocycles. The quantitative estimate of drug-likeness (QED) is 0.347. The monoisotopic (exact) mass is 454 g/mol. The molecule has 0 saturated carbocycles. The normalized spacial score (nSPS) is 45.5. The third-order valence-electron chi connectivity index (χ3n) is 11.0. The Morgan fingerprint density at radius 1 is 0.364 bits per heavy atom. The number of hydrogen-bond acceptors (Lipinski definition) is 0. The Balaban J connectivity index is 3.11. The Labute approximate surface area is 150 Å². The van der Waals surface area contributed by atoms with E-state index in [1.165, 1.54) is 0 Å². The highest BCUT2D eigenvalue weighted by Gasteiger charge is 2.92. The molecule has 0 aromatic rings. The molecule has 0 nitrogen and oxygen atoms in total. The second-order valence-electron chi connectivity index (χ2n) is 11.5. The van der Waals surface area contributed by atoms with Crippen LogP contribution in [0.25, 0.3) is 0 Å². The molecule has 0 spiro atoms. The van der Waals surface area contributed by atoms with Gasteiger partial charge in [-0.2, -0.15) is 11.1 Å². The molecule has 2 bridgehead atoms. The van der Waals surface area contributed by atoms with Gasteiger partial charge in [-0.1, -0.05) is 85.1 Å². The molecule has 3 fully saturated rings. The van der Waals surface area contributed by atoms with Gasteiger partial charge in [0.2, 0.25) is 0 Å². The largest absolute Gasteiger partial charge is 0.178 e. The van der Waals surface area contributed by atoms with Crippen LogP contribution in [0.2, 0.25) is 85.1 Å². The van der Waals surface area contributed by atoms with Crippen LogP contribution in [0.5, 0.6) is 0 Å². The highest BCUT2D eigenvalue weighted by atomic mass is 35.6. The average molecular weight is 456 g/mol. The van der Waals surface area contributed by atoms with E-state index < -0.39 is 55.2 Å². The average Bonchev–Trinajstić information content (AvgIpc) is 2.32. The third kappa shape index (κ3) is 1.41.